The summed E-state index contributed by atoms with van der Waals surface area (Å²) in [5.41, 5.74) is 0. The Morgan fingerprint density at radius 3 is 2.50 bits per heavy atom. The monoisotopic (exact) mass is 282 g/mol. The molecule has 1 saturated heterocycles. The molecule has 8 heteroatoms. The summed E-state index contributed by atoms with van der Waals surface area (Å²) in [6.45, 7) is -0.470. The average Bonchev–Trinajstić information content (AvgIpc) is 2.34. The molecule has 0 saturated carbocycles. The molecule has 106 valence electrons. The number of aliphatic hydroxyl groups excluding tert-OH is 4. The van der Waals surface area contributed by atoms with Gasteiger partial charge in [-0.1, -0.05) is 6.08 Å². The molecule has 0 aromatic carbocycles. The van der Waals surface area contributed by atoms with Gasteiger partial charge in [0.2, 0.25) is 0 Å². The van der Waals surface area contributed by atoms with Crippen LogP contribution in [0.5, 0.6) is 0 Å². The number of ether oxygens (including phenoxy) is 2. The van der Waals surface area contributed by atoms with Crippen LogP contribution in [0.3, 0.4) is 0 Å². The zero-order valence-electron chi connectivity index (χ0n) is 9.88. The quantitative estimate of drug-likeness (QED) is 0.448. The third kappa shape index (κ3) is 4.09. The third-order valence-electron chi connectivity index (χ3n) is 2.49. The summed E-state index contributed by atoms with van der Waals surface area (Å²) in [5.74, 6) is 0. The van der Waals surface area contributed by atoms with Crippen LogP contribution in [-0.2, 0) is 20.3 Å². The third-order valence-corrected chi connectivity index (χ3v) is 3.07. The van der Waals surface area contributed by atoms with E-state index in [-0.39, 0.29) is 6.61 Å². The van der Waals surface area contributed by atoms with E-state index in [1.807, 2.05) is 0 Å². The largest absolute Gasteiger partial charge is 0.394 e. The minimum Gasteiger partial charge on any atom is -0.394 e. The SMILES string of the molecule is C[S@](=O)/C=C/CO[C@@H]1O[C@H](CO)[C@@H](O)[C@H](O)[C@H]1O. The highest BCUT2D eigenvalue weighted by Gasteiger charge is 2.43. The van der Waals surface area contributed by atoms with Crippen LogP contribution in [-0.4, -0.2) is 74.8 Å². The molecule has 1 fully saturated rings. The molecule has 0 aromatic rings. The van der Waals surface area contributed by atoms with Gasteiger partial charge < -0.3 is 29.9 Å². The van der Waals surface area contributed by atoms with Crippen LogP contribution in [0.1, 0.15) is 0 Å². The van der Waals surface area contributed by atoms with Gasteiger partial charge in [-0.25, -0.2) is 0 Å². The van der Waals surface area contributed by atoms with Gasteiger partial charge in [-0.15, -0.1) is 0 Å². The first-order valence-corrected chi connectivity index (χ1v) is 7.00. The van der Waals surface area contributed by atoms with E-state index < -0.39 is 48.1 Å². The lowest BCUT2D eigenvalue weighted by Gasteiger charge is -2.39. The second kappa shape index (κ2) is 7.29. The van der Waals surface area contributed by atoms with Crippen LogP contribution in [0.2, 0.25) is 0 Å². The Labute approximate surface area is 107 Å². The Kier molecular flexibility index (Phi) is 6.36. The minimum atomic E-state index is -1.45. The van der Waals surface area contributed by atoms with Crippen molar-refractivity contribution in [1.29, 1.82) is 0 Å². The summed E-state index contributed by atoms with van der Waals surface area (Å²) in [6.07, 6.45) is -3.44. The van der Waals surface area contributed by atoms with E-state index in [9.17, 15) is 19.5 Å². The summed E-state index contributed by atoms with van der Waals surface area (Å²) in [5, 5.41) is 38.9. The zero-order chi connectivity index (χ0) is 13.7. The van der Waals surface area contributed by atoms with Gasteiger partial charge in [0.15, 0.2) is 6.29 Å². The molecule has 18 heavy (non-hydrogen) atoms. The van der Waals surface area contributed by atoms with Crippen LogP contribution in [0.25, 0.3) is 0 Å². The summed E-state index contributed by atoms with van der Waals surface area (Å²) in [6, 6.07) is 0. The fourth-order valence-electron chi connectivity index (χ4n) is 1.53. The van der Waals surface area contributed by atoms with Crippen LogP contribution in [0.15, 0.2) is 11.5 Å². The molecule has 0 aliphatic carbocycles. The molecule has 7 nitrogen and oxygen atoms in total. The van der Waals surface area contributed by atoms with Crippen molar-refractivity contribution in [2.75, 3.05) is 19.5 Å². The fourth-order valence-corrected chi connectivity index (χ4v) is 1.88. The molecule has 0 aromatic heterocycles. The van der Waals surface area contributed by atoms with Crippen molar-refractivity contribution in [3.8, 4) is 0 Å². The predicted octanol–water partition coefficient (Wildman–Crippen LogP) is -2.30. The molecule has 0 unspecified atom stereocenters. The van der Waals surface area contributed by atoms with Crippen LogP contribution >= 0.6 is 0 Å². The van der Waals surface area contributed by atoms with E-state index in [1.54, 1.807) is 0 Å². The summed E-state index contributed by atoms with van der Waals surface area (Å²) >= 11 is 0. The van der Waals surface area contributed by atoms with Gasteiger partial charge in [-0.3, -0.25) is 4.21 Å². The first-order chi connectivity index (χ1) is 8.47. The van der Waals surface area contributed by atoms with E-state index in [4.69, 9.17) is 14.6 Å². The lowest BCUT2D eigenvalue weighted by molar-refractivity contribution is -0.298. The first-order valence-electron chi connectivity index (χ1n) is 5.38. The normalized spacial score (nSPS) is 39.1. The molecule has 0 amide bonds. The molecule has 0 bridgehead atoms. The van der Waals surface area contributed by atoms with Crippen molar-refractivity contribution >= 4 is 10.8 Å². The van der Waals surface area contributed by atoms with Crippen molar-refractivity contribution < 1.29 is 34.1 Å². The van der Waals surface area contributed by atoms with E-state index in [0.29, 0.717) is 0 Å². The average molecular weight is 282 g/mol. The highest BCUT2D eigenvalue weighted by atomic mass is 32.2. The second-order valence-corrected chi connectivity index (χ2v) is 5.17. The molecule has 1 aliphatic rings. The van der Waals surface area contributed by atoms with Crippen molar-refractivity contribution in [2.24, 2.45) is 0 Å². The highest BCUT2D eigenvalue weighted by molar-refractivity contribution is 7.87. The molecule has 1 rings (SSSR count). The fraction of sp³-hybridized carbons (Fsp3) is 0.800. The smallest absolute Gasteiger partial charge is 0.187 e. The van der Waals surface area contributed by atoms with Crippen molar-refractivity contribution in [3.63, 3.8) is 0 Å². The Hall–Kier alpha value is -0.350. The maximum absolute atomic E-state index is 10.7. The number of aliphatic hydroxyl groups is 4. The van der Waals surface area contributed by atoms with E-state index >= 15 is 0 Å². The molecule has 0 spiro atoms. The number of hydrogen-bond acceptors (Lipinski definition) is 7. The van der Waals surface area contributed by atoms with E-state index in [1.165, 1.54) is 17.7 Å². The highest BCUT2D eigenvalue weighted by Crippen LogP contribution is 2.21. The summed E-state index contributed by atoms with van der Waals surface area (Å²) < 4.78 is 21.0. The lowest BCUT2D eigenvalue weighted by atomic mass is 9.99. The first kappa shape index (κ1) is 15.7. The standard InChI is InChI=1S/C10H18O7S/c1-18(15)4-2-3-16-10-9(14)8(13)7(12)6(5-11)17-10/h2,4,6-14H,3,5H2,1H3/b4-2+/t6-,7-,8+,9-,10-,18+/m1/s1. The molecule has 1 aliphatic heterocycles. The van der Waals surface area contributed by atoms with Crippen LogP contribution in [0, 0.1) is 0 Å². The van der Waals surface area contributed by atoms with Crippen molar-refractivity contribution in [2.45, 2.75) is 30.7 Å². The lowest BCUT2D eigenvalue weighted by Crippen LogP contribution is -2.59. The van der Waals surface area contributed by atoms with Crippen molar-refractivity contribution in [1.82, 2.24) is 0 Å². The van der Waals surface area contributed by atoms with Gasteiger partial charge in [-0.2, -0.15) is 0 Å². The van der Waals surface area contributed by atoms with Gasteiger partial charge in [0.25, 0.3) is 0 Å². The summed E-state index contributed by atoms with van der Waals surface area (Å²) in [7, 11) is -1.10. The maximum atomic E-state index is 10.7. The van der Waals surface area contributed by atoms with Gasteiger partial charge in [0.05, 0.1) is 13.2 Å². The van der Waals surface area contributed by atoms with E-state index in [0.717, 1.165) is 0 Å². The molecule has 4 N–H and O–H groups in total. The van der Waals surface area contributed by atoms with E-state index in [2.05, 4.69) is 0 Å². The van der Waals surface area contributed by atoms with Gasteiger partial charge in [-0.05, 0) is 0 Å². The summed E-state index contributed by atoms with van der Waals surface area (Å²) in [4.78, 5) is 0. The molecular formula is C10H18O7S. The Balaban J connectivity index is 2.51. The molecule has 1 heterocycles. The molecule has 0 radical (unpaired) electrons. The topological polar surface area (TPSA) is 116 Å². The minimum absolute atomic E-state index is 0.0300. The molecular weight excluding hydrogens is 264 g/mol. The Morgan fingerprint density at radius 2 is 1.94 bits per heavy atom. The maximum Gasteiger partial charge on any atom is 0.187 e. The number of hydrogen-bond donors (Lipinski definition) is 4. The van der Waals surface area contributed by atoms with Crippen LogP contribution in [0.4, 0.5) is 0 Å². The second-order valence-electron chi connectivity index (χ2n) is 3.90. The van der Waals surface area contributed by atoms with Gasteiger partial charge in [0, 0.05) is 22.5 Å². The molecule has 6 atom stereocenters. The van der Waals surface area contributed by atoms with Gasteiger partial charge >= 0.3 is 0 Å². The number of rotatable bonds is 5. The van der Waals surface area contributed by atoms with Crippen molar-refractivity contribution in [3.05, 3.63) is 11.5 Å². The Bertz CT molecular complexity index is 307. The van der Waals surface area contributed by atoms with Gasteiger partial charge in [0.1, 0.15) is 24.4 Å². The van der Waals surface area contributed by atoms with Crippen LogP contribution < -0.4 is 0 Å². The Morgan fingerprint density at radius 1 is 1.28 bits per heavy atom. The zero-order valence-corrected chi connectivity index (χ0v) is 10.7. The predicted molar refractivity (Wildman–Crippen MR) is 62.9 cm³/mol.